The summed E-state index contributed by atoms with van der Waals surface area (Å²) in [6.07, 6.45) is -0.520. The second kappa shape index (κ2) is 3.87. The van der Waals surface area contributed by atoms with Crippen LogP contribution in [0.15, 0.2) is 41.2 Å². The van der Waals surface area contributed by atoms with Crippen molar-refractivity contribution in [2.75, 3.05) is 0 Å². The van der Waals surface area contributed by atoms with Gasteiger partial charge in [0.05, 0.1) is 18.2 Å². The molecule has 0 aliphatic carbocycles. The quantitative estimate of drug-likeness (QED) is 0.801. The van der Waals surface area contributed by atoms with Gasteiger partial charge in [0, 0.05) is 6.07 Å². The van der Waals surface area contributed by atoms with E-state index in [1.165, 1.54) is 6.07 Å². The smallest absolute Gasteiger partial charge is 0.251 e. The highest BCUT2D eigenvalue weighted by molar-refractivity contribution is 5.78. The largest absolute Gasteiger partial charge is 0.392 e. The average molecular weight is 203 g/mol. The number of rotatable bonds is 2. The molecule has 1 aromatic heterocycles. The number of nitrogens with zero attached hydrogens (tertiary/aromatic N) is 1. The molecule has 3 heteroatoms. The van der Waals surface area contributed by atoms with Crippen molar-refractivity contribution in [2.24, 2.45) is 0 Å². The number of pyridine rings is 1. The molecule has 0 bridgehead atoms. The van der Waals surface area contributed by atoms with E-state index >= 15 is 0 Å². The third-order valence-electron chi connectivity index (χ3n) is 2.35. The highest BCUT2D eigenvalue weighted by Gasteiger charge is 2.04. The summed E-state index contributed by atoms with van der Waals surface area (Å²) >= 11 is 0. The van der Waals surface area contributed by atoms with Crippen LogP contribution in [0.4, 0.5) is 0 Å². The average Bonchev–Trinajstić information content (AvgIpc) is 2.22. The van der Waals surface area contributed by atoms with Gasteiger partial charge < -0.3 is 9.67 Å². The first-order valence-electron chi connectivity index (χ1n) is 4.95. The molecule has 0 radical (unpaired) electrons. The van der Waals surface area contributed by atoms with Gasteiger partial charge in [-0.15, -0.1) is 0 Å². The Morgan fingerprint density at radius 3 is 2.73 bits per heavy atom. The Labute approximate surface area is 87.6 Å². The van der Waals surface area contributed by atoms with Crippen molar-refractivity contribution in [3.8, 4) is 0 Å². The summed E-state index contributed by atoms with van der Waals surface area (Å²) in [4.78, 5) is 11.6. The molecule has 0 spiro atoms. The molecule has 1 aromatic carbocycles. The van der Waals surface area contributed by atoms with Crippen LogP contribution in [0, 0.1) is 0 Å². The molecule has 1 heterocycles. The SMILES string of the molecule is C[C@H](O)Cn1c(=O)ccc2ccccc21. The molecule has 0 aliphatic rings. The standard InChI is InChI=1S/C12H13NO2/c1-9(14)8-13-11-5-3-2-4-10(11)6-7-12(13)15/h2-7,9,14H,8H2,1H3/t9-/m0/s1. The van der Waals surface area contributed by atoms with Crippen LogP contribution in [0.5, 0.6) is 0 Å². The van der Waals surface area contributed by atoms with Crippen molar-refractivity contribution in [1.82, 2.24) is 4.57 Å². The molecule has 15 heavy (non-hydrogen) atoms. The Bertz CT molecular complexity index is 528. The Kier molecular flexibility index (Phi) is 2.56. The van der Waals surface area contributed by atoms with Crippen LogP contribution < -0.4 is 5.56 Å². The number of para-hydroxylation sites is 1. The number of aliphatic hydroxyl groups is 1. The highest BCUT2D eigenvalue weighted by atomic mass is 16.3. The van der Waals surface area contributed by atoms with Crippen molar-refractivity contribution in [3.63, 3.8) is 0 Å². The number of aromatic nitrogens is 1. The van der Waals surface area contributed by atoms with E-state index < -0.39 is 6.10 Å². The molecule has 0 saturated heterocycles. The maximum Gasteiger partial charge on any atom is 0.251 e. The van der Waals surface area contributed by atoms with E-state index in [4.69, 9.17) is 0 Å². The lowest BCUT2D eigenvalue weighted by Gasteiger charge is -2.11. The fraction of sp³-hybridized carbons (Fsp3) is 0.250. The molecule has 3 nitrogen and oxygen atoms in total. The van der Waals surface area contributed by atoms with Crippen molar-refractivity contribution in [2.45, 2.75) is 19.6 Å². The maximum atomic E-state index is 11.6. The number of hydrogen-bond acceptors (Lipinski definition) is 2. The van der Waals surface area contributed by atoms with Gasteiger partial charge in [-0.1, -0.05) is 18.2 Å². The van der Waals surface area contributed by atoms with E-state index in [0.717, 1.165) is 10.9 Å². The van der Waals surface area contributed by atoms with Crippen molar-refractivity contribution in [1.29, 1.82) is 0 Å². The summed E-state index contributed by atoms with van der Waals surface area (Å²) < 4.78 is 1.60. The van der Waals surface area contributed by atoms with Crippen LogP contribution >= 0.6 is 0 Å². The number of fused-ring (bicyclic) bond motifs is 1. The van der Waals surface area contributed by atoms with Crippen LogP contribution in [0.25, 0.3) is 10.9 Å². The third-order valence-corrected chi connectivity index (χ3v) is 2.35. The fourth-order valence-electron chi connectivity index (χ4n) is 1.70. The minimum Gasteiger partial charge on any atom is -0.392 e. The van der Waals surface area contributed by atoms with E-state index in [1.807, 2.05) is 24.3 Å². The second-order valence-electron chi connectivity index (χ2n) is 3.69. The van der Waals surface area contributed by atoms with Gasteiger partial charge in [-0.2, -0.15) is 0 Å². The van der Waals surface area contributed by atoms with Gasteiger partial charge in [-0.3, -0.25) is 4.79 Å². The number of benzene rings is 1. The minimum absolute atomic E-state index is 0.0744. The first-order chi connectivity index (χ1) is 7.18. The zero-order valence-electron chi connectivity index (χ0n) is 8.55. The second-order valence-corrected chi connectivity index (χ2v) is 3.69. The molecule has 2 aromatic rings. The Morgan fingerprint density at radius 1 is 1.27 bits per heavy atom. The van der Waals surface area contributed by atoms with E-state index in [1.54, 1.807) is 17.6 Å². The molecular weight excluding hydrogens is 190 g/mol. The maximum absolute atomic E-state index is 11.6. The third kappa shape index (κ3) is 1.92. The minimum atomic E-state index is -0.520. The highest BCUT2D eigenvalue weighted by Crippen LogP contribution is 2.11. The first kappa shape index (κ1) is 9.93. The zero-order valence-corrected chi connectivity index (χ0v) is 8.55. The first-order valence-corrected chi connectivity index (χ1v) is 4.95. The summed E-state index contributed by atoms with van der Waals surface area (Å²) in [5, 5.41) is 10.3. The summed E-state index contributed by atoms with van der Waals surface area (Å²) in [6, 6.07) is 11.0. The van der Waals surface area contributed by atoms with Gasteiger partial charge in [0.25, 0.3) is 5.56 Å². The van der Waals surface area contributed by atoms with Crippen LogP contribution in [-0.4, -0.2) is 15.8 Å². The molecule has 1 atom stereocenters. The Balaban J connectivity index is 2.68. The summed E-state index contributed by atoms with van der Waals surface area (Å²) in [7, 11) is 0. The van der Waals surface area contributed by atoms with E-state index in [9.17, 15) is 9.90 Å². The van der Waals surface area contributed by atoms with Crippen molar-refractivity contribution in [3.05, 3.63) is 46.8 Å². The lowest BCUT2D eigenvalue weighted by molar-refractivity contribution is 0.174. The van der Waals surface area contributed by atoms with Gasteiger partial charge in [0.2, 0.25) is 0 Å². The Hall–Kier alpha value is -1.61. The summed E-state index contributed by atoms with van der Waals surface area (Å²) in [6.45, 7) is 2.01. The van der Waals surface area contributed by atoms with Gasteiger partial charge in [0.1, 0.15) is 0 Å². The number of aliphatic hydroxyl groups excluding tert-OH is 1. The molecule has 0 unspecified atom stereocenters. The molecule has 78 valence electrons. The molecule has 0 saturated carbocycles. The lowest BCUT2D eigenvalue weighted by atomic mass is 10.2. The number of hydrogen-bond donors (Lipinski definition) is 1. The Morgan fingerprint density at radius 2 is 2.00 bits per heavy atom. The molecule has 0 amide bonds. The van der Waals surface area contributed by atoms with Crippen molar-refractivity contribution >= 4 is 10.9 Å². The molecular formula is C12H13NO2. The van der Waals surface area contributed by atoms with Crippen LogP contribution in [-0.2, 0) is 6.54 Å². The van der Waals surface area contributed by atoms with Crippen molar-refractivity contribution < 1.29 is 5.11 Å². The molecule has 2 rings (SSSR count). The predicted molar refractivity (Wildman–Crippen MR) is 59.9 cm³/mol. The summed E-state index contributed by atoms with van der Waals surface area (Å²) in [5.74, 6) is 0. The monoisotopic (exact) mass is 203 g/mol. The predicted octanol–water partition coefficient (Wildman–Crippen LogP) is 1.38. The topological polar surface area (TPSA) is 42.2 Å². The normalized spacial score (nSPS) is 12.9. The lowest BCUT2D eigenvalue weighted by Crippen LogP contribution is -2.24. The summed E-state index contributed by atoms with van der Waals surface area (Å²) in [5.41, 5.74) is 0.792. The van der Waals surface area contributed by atoms with E-state index in [-0.39, 0.29) is 5.56 Å². The van der Waals surface area contributed by atoms with E-state index in [0.29, 0.717) is 6.54 Å². The zero-order chi connectivity index (χ0) is 10.8. The van der Waals surface area contributed by atoms with Gasteiger partial charge in [0.15, 0.2) is 0 Å². The van der Waals surface area contributed by atoms with Crippen LogP contribution in [0.3, 0.4) is 0 Å². The van der Waals surface area contributed by atoms with Crippen LogP contribution in [0.1, 0.15) is 6.92 Å². The molecule has 0 fully saturated rings. The van der Waals surface area contributed by atoms with Gasteiger partial charge in [-0.05, 0) is 24.4 Å². The van der Waals surface area contributed by atoms with E-state index in [2.05, 4.69) is 0 Å². The molecule has 0 aliphatic heterocycles. The molecule has 1 N–H and O–H groups in total. The van der Waals surface area contributed by atoms with Gasteiger partial charge >= 0.3 is 0 Å². The van der Waals surface area contributed by atoms with Gasteiger partial charge in [-0.25, -0.2) is 0 Å². The fourth-order valence-corrected chi connectivity index (χ4v) is 1.70. The van der Waals surface area contributed by atoms with Crippen LogP contribution in [0.2, 0.25) is 0 Å².